The van der Waals surface area contributed by atoms with Crippen LogP contribution in [0.4, 0.5) is 0 Å². The quantitative estimate of drug-likeness (QED) is 0.149. The van der Waals surface area contributed by atoms with Crippen molar-refractivity contribution in [2.75, 3.05) is 0 Å². The fourth-order valence-electron chi connectivity index (χ4n) is 11.9. The van der Waals surface area contributed by atoms with Crippen molar-refractivity contribution in [2.24, 2.45) is 0 Å². The van der Waals surface area contributed by atoms with Gasteiger partial charge in [-0.15, -0.1) is 0 Å². The average molecular weight is 929 g/mol. The molecule has 0 aliphatic heterocycles. The molecule has 0 spiro atoms. The minimum atomic E-state index is -0.0452. The van der Waals surface area contributed by atoms with Crippen LogP contribution in [0.25, 0.3) is 131 Å². The summed E-state index contributed by atoms with van der Waals surface area (Å²) in [5.41, 5.74) is 16.5. The first-order chi connectivity index (χ1) is 36.2. The van der Waals surface area contributed by atoms with E-state index >= 15 is 0 Å². The van der Waals surface area contributed by atoms with E-state index in [2.05, 4.69) is 261 Å². The Balaban J connectivity index is 0.868. The van der Waals surface area contributed by atoms with Gasteiger partial charge in [0.05, 0.1) is 0 Å². The number of hydrogen-bond donors (Lipinski definition) is 0. The van der Waals surface area contributed by atoms with Gasteiger partial charge in [-0.1, -0.05) is 231 Å². The van der Waals surface area contributed by atoms with Crippen molar-refractivity contribution in [3.8, 4) is 44.5 Å². The van der Waals surface area contributed by atoms with Crippen molar-refractivity contribution >= 4 is 87.0 Å². The van der Waals surface area contributed by atoms with E-state index in [0.29, 0.717) is 0 Å². The average Bonchev–Trinajstić information content (AvgIpc) is 4.07. The summed E-state index contributed by atoms with van der Waals surface area (Å²) in [6.45, 7) is 0. The third-order valence-electron chi connectivity index (χ3n) is 15.4. The molecule has 15 rings (SSSR count). The lowest BCUT2D eigenvalue weighted by Gasteiger charge is -2.21. The van der Waals surface area contributed by atoms with Gasteiger partial charge < -0.3 is 8.83 Å². The Kier molecular flexibility index (Phi) is 9.36. The van der Waals surface area contributed by atoms with Gasteiger partial charge in [-0.3, -0.25) is 0 Å². The van der Waals surface area contributed by atoms with Crippen LogP contribution in [0.15, 0.2) is 270 Å². The van der Waals surface area contributed by atoms with Gasteiger partial charge in [0.2, 0.25) is 0 Å². The predicted molar refractivity (Wildman–Crippen MR) is 307 cm³/mol. The summed E-state index contributed by atoms with van der Waals surface area (Å²) in [7, 11) is 0. The van der Waals surface area contributed by atoms with Crippen LogP contribution in [0.2, 0.25) is 0 Å². The summed E-state index contributed by atoms with van der Waals surface area (Å²) in [6, 6.07) is 94.9. The zero-order valence-electron chi connectivity index (χ0n) is 39.7. The third kappa shape index (κ3) is 6.72. The van der Waals surface area contributed by atoms with E-state index in [1.165, 1.54) is 92.8 Å². The van der Waals surface area contributed by atoms with Gasteiger partial charge in [0.1, 0.15) is 22.3 Å². The lowest BCUT2D eigenvalue weighted by molar-refractivity contribution is 0.670. The van der Waals surface area contributed by atoms with Gasteiger partial charge in [-0.05, 0) is 123 Å². The van der Waals surface area contributed by atoms with E-state index in [1.54, 1.807) is 0 Å². The largest absolute Gasteiger partial charge is 0.455 e. The van der Waals surface area contributed by atoms with Crippen LogP contribution in [-0.4, -0.2) is 0 Å². The summed E-state index contributed by atoms with van der Waals surface area (Å²) < 4.78 is 13.8. The monoisotopic (exact) mass is 928 g/mol. The number of benzene rings is 13. The molecular weight excluding hydrogens is 885 g/mol. The molecule has 2 heterocycles. The van der Waals surface area contributed by atoms with Gasteiger partial charge in [0.25, 0.3) is 0 Å². The van der Waals surface area contributed by atoms with Crippen LogP contribution in [0.3, 0.4) is 0 Å². The zero-order valence-corrected chi connectivity index (χ0v) is 39.7. The standard InChI is InChI=1S/C71H44O2/c1-2-13-44(14-3-1)53-19-12-20-54(41-53)45-25-31-50(32-26-45)65(51-33-27-48(28-34-51)61-42-55-17-6-10-23-59(55)68-66-57-21-8-4-15-46(57)37-39-63(66)72-70(61)68)52-35-29-49(30-36-52)62-43-56-18-7-11-24-60(56)69-67-58-22-9-5-16-47(58)38-40-64(67)73-71(62)69/h1-43,65H. The molecule has 0 saturated heterocycles. The lowest BCUT2D eigenvalue weighted by atomic mass is 9.83. The minimum absolute atomic E-state index is 0.0452. The van der Waals surface area contributed by atoms with Gasteiger partial charge >= 0.3 is 0 Å². The zero-order chi connectivity index (χ0) is 48.0. The molecule has 0 aliphatic carbocycles. The second kappa shape index (κ2) is 16.6. The maximum Gasteiger partial charge on any atom is 0.143 e. The molecule has 0 aliphatic rings. The topological polar surface area (TPSA) is 26.3 Å². The Hall–Kier alpha value is -9.50. The van der Waals surface area contributed by atoms with Crippen molar-refractivity contribution in [2.45, 2.75) is 5.92 Å². The van der Waals surface area contributed by atoms with Gasteiger partial charge in [0, 0.05) is 38.6 Å². The van der Waals surface area contributed by atoms with Gasteiger partial charge in [0.15, 0.2) is 0 Å². The van der Waals surface area contributed by atoms with Crippen LogP contribution in [0.1, 0.15) is 22.6 Å². The van der Waals surface area contributed by atoms with Crippen molar-refractivity contribution in [1.29, 1.82) is 0 Å². The van der Waals surface area contributed by atoms with E-state index in [9.17, 15) is 0 Å². The molecule has 0 fully saturated rings. The fourth-order valence-corrected chi connectivity index (χ4v) is 11.9. The molecule has 0 saturated carbocycles. The molecule has 13 aromatic carbocycles. The molecule has 2 heteroatoms. The highest BCUT2D eigenvalue weighted by molar-refractivity contribution is 6.30. The van der Waals surface area contributed by atoms with Crippen LogP contribution in [0, 0.1) is 0 Å². The van der Waals surface area contributed by atoms with E-state index in [0.717, 1.165) is 55.4 Å². The summed E-state index contributed by atoms with van der Waals surface area (Å²) in [5.74, 6) is -0.0452. The smallest absolute Gasteiger partial charge is 0.143 e. The van der Waals surface area contributed by atoms with Crippen LogP contribution >= 0.6 is 0 Å². The summed E-state index contributed by atoms with van der Waals surface area (Å²) in [4.78, 5) is 0. The fraction of sp³-hybridized carbons (Fsp3) is 0.0141. The van der Waals surface area contributed by atoms with Crippen molar-refractivity contribution in [3.05, 3.63) is 278 Å². The van der Waals surface area contributed by atoms with Crippen LogP contribution in [-0.2, 0) is 0 Å². The molecule has 0 radical (unpaired) electrons. The first-order valence-corrected chi connectivity index (χ1v) is 25.2. The first-order valence-electron chi connectivity index (χ1n) is 25.2. The van der Waals surface area contributed by atoms with E-state index in [4.69, 9.17) is 8.83 Å². The molecule has 2 nitrogen and oxygen atoms in total. The SMILES string of the molecule is c1ccc(-c2cccc(-c3ccc(C(c4ccc(-c5cc6ccccc6c6c5oc5ccc7ccccc7c56)cc4)c4ccc(-c5cc6ccccc6c6c5oc5ccc7ccccc7c56)cc4)cc3)c2)cc1. The summed E-state index contributed by atoms with van der Waals surface area (Å²) in [5, 5.41) is 14.3. The minimum Gasteiger partial charge on any atom is -0.455 e. The van der Waals surface area contributed by atoms with E-state index < -0.39 is 0 Å². The first kappa shape index (κ1) is 41.3. The number of furan rings is 2. The highest BCUT2D eigenvalue weighted by Gasteiger charge is 2.23. The second-order valence-electron chi connectivity index (χ2n) is 19.5. The van der Waals surface area contributed by atoms with Crippen LogP contribution < -0.4 is 0 Å². The number of hydrogen-bond acceptors (Lipinski definition) is 2. The molecule has 2 aromatic heterocycles. The van der Waals surface area contributed by atoms with Gasteiger partial charge in [-0.25, -0.2) is 0 Å². The van der Waals surface area contributed by atoms with Gasteiger partial charge in [-0.2, -0.15) is 0 Å². The molecule has 340 valence electrons. The molecule has 0 atom stereocenters. The van der Waals surface area contributed by atoms with Crippen molar-refractivity contribution < 1.29 is 8.83 Å². The third-order valence-corrected chi connectivity index (χ3v) is 15.4. The Morgan fingerprint density at radius 2 is 0.589 bits per heavy atom. The van der Waals surface area contributed by atoms with E-state index in [-0.39, 0.29) is 5.92 Å². The Labute approximate surface area is 421 Å². The van der Waals surface area contributed by atoms with E-state index in [1.807, 2.05) is 0 Å². The second-order valence-corrected chi connectivity index (χ2v) is 19.5. The molecule has 0 amide bonds. The maximum absolute atomic E-state index is 6.88. The highest BCUT2D eigenvalue weighted by Crippen LogP contribution is 2.46. The Bertz CT molecular complexity index is 4400. The van der Waals surface area contributed by atoms with Crippen molar-refractivity contribution in [1.82, 2.24) is 0 Å². The lowest BCUT2D eigenvalue weighted by Crippen LogP contribution is -2.03. The number of rotatable bonds is 7. The molecule has 0 unspecified atom stereocenters. The molecule has 73 heavy (non-hydrogen) atoms. The Morgan fingerprint density at radius 3 is 1.04 bits per heavy atom. The predicted octanol–water partition coefficient (Wildman–Crippen LogP) is 19.9. The van der Waals surface area contributed by atoms with Crippen molar-refractivity contribution in [3.63, 3.8) is 0 Å². The molecular formula is C71H44O2. The normalized spacial score (nSPS) is 12.0. The highest BCUT2D eigenvalue weighted by atomic mass is 16.3. The Morgan fingerprint density at radius 1 is 0.233 bits per heavy atom. The molecule has 0 bridgehead atoms. The summed E-state index contributed by atoms with van der Waals surface area (Å²) in [6.07, 6.45) is 0. The molecule has 0 N–H and O–H groups in total. The molecule has 15 aromatic rings. The maximum atomic E-state index is 6.88. The number of fused-ring (bicyclic) bond motifs is 14. The summed E-state index contributed by atoms with van der Waals surface area (Å²) >= 11 is 0. The van der Waals surface area contributed by atoms with Crippen LogP contribution in [0.5, 0.6) is 0 Å².